The van der Waals surface area contributed by atoms with Gasteiger partial charge in [0.25, 0.3) is 0 Å². The van der Waals surface area contributed by atoms with Crippen LogP contribution in [-0.2, 0) is 22.1 Å². The van der Waals surface area contributed by atoms with E-state index in [-0.39, 0.29) is 19.1 Å². The number of rotatable bonds is 8. The number of halogens is 3. The largest absolute Gasteiger partial charge is 0.462 e. The second kappa shape index (κ2) is 11.8. The lowest BCUT2D eigenvalue weighted by Crippen LogP contribution is -2.21. The molecule has 0 unspecified atom stereocenters. The zero-order chi connectivity index (χ0) is 28.8. The van der Waals surface area contributed by atoms with Crippen molar-refractivity contribution in [3.63, 3.8) is 0 Å². The summed E-state index contributed by atoms with van der Waals surface area (Å²) in [7, 11) is 0. The smallest absolute Gasteiger partial charge is 0.418 e. The van der Waals surface area contributed by atoms with Crippen LogP contribution >= 0.6 is 0 Å². The zero-order valence-electron chi connectivity index (χ0n) is 21.2. The first-order valence-corrected chi connectivity index (χ1v) is 12.2. The second-order valence-corrected chi connectivity index (χ2v) is 8.69. The third-order valence-corrected chi connectivity index (χ3v) is 5.82. The number of carbonyl (C=O) groups is 2. The fourth-order valence-electron chi connectivity index (χ4n) is 3.85. The topological polar surface area (TPSA) is 117 Å². The molecule has 41 heavy (non-hydrogen) atoms. The SMILES string of the molecule is O=C(Nc1ccc(-n2cc(CCOC(=O)C=Cc3ccc4c(c3)OCO4)nn2)cc1)Nc1ccccc1C(F)(F)F. The zero-order valence-corrected chi connectivity index (χ0v) is 21.2. The minimum absolute atomic E-state index is 0.0957. The molecule has 0 atom stereocenters. The number of fused-ring (bicyclic) bond motifs is 1. The molecule has 0 radical (unpaired) electrons. The number of aromatic nitrogens is 3. The minimum atomic E-state index is -4.60. The molecule has 0 bridgehead atoms. The normalized spacial score (nSPS) is 12.4. The van der Waals surface area contributed by atoms with Crippen LogP contribution in [0.3, 0.4) is 0 Å². The number of nitrogens with one attached hydrogen (secondary N) is 2. The highest BCUT2D eigenvalue weighted by Gasteiger charge is 2.33. The summed E-state index contributed by atoms with van der Waals surface area (Å²) < 4.78 is 56.7. The number of amides is 2. The second-order valence-electron chi connectivity index (χ2n) is 8.69. The van der Waals surface area contributed by atoms with Crippen molar-refractivity contribution in [3.05, 3.63) is 95.8 Å². The number of esters is 1. The van der Waals surface area contributed by atoms with E-state index in [2.05, 4.69) is 20.9 Å². The minimum Gasteiger partial charge on any atom is -0.462 e. The predicted octanol–water partition coefficient (Wildman–Crippen LogP) is 5.46. The molecule has 0 fully saturated rings. The third-order valence-electron chi connectivity index (χ3n) is 5.82. The number of carbonyl (C=O) groups excluding carboxylic acids is 2. The van der Waals surface area contributed by atoms with Gasteiger partial charge in [0.15, 0.2) is 11.5 Å². The van der Waals surface area contributed by atoms with Crippen LogP contribution in [0.15, 0.2) is 79.0 Å². The molecule has 1 aromatic heterocycles. The van der Waals surface area contributed by atoms with Gasteiger partial charge in [-0.2, -0.15) is 13.2 Å². The quantitative estimate of drug-likeness (QED) is 0.215. The van der Waals surface area contributed by atoms with E-state index in [9.17, 15) is 22.8 Å². The molecule has 1 aliphatic heterocycles. The maximum Gasteiger partial charge on any atom is 0.418 e. The molecule has 2 amide bonds. The number of hydrogen-bond donors (Lipinski definition) is 2. The van der Waals surface area contributed by atoms with Gasteiger partial charge in [-0.05, 0) is 60.2 Å². The summed E-state index contributed by atoms with van der Waals surface area (Å²) >= 11 is 0. The van der Waals surface area contributed by atoms with Crippen molar-refractivity contribution < 1.29 is 37.0 Å². The average molecular weight is 566 g/mol. The summed E-state index contributed by atoms with van der Waals surface area (Å²) in [5.74, 6) is 0.762. The Morgan fingerprint density at radius 1 is 1.00 bits per heavy atom. The van der Waals surface area contributed by atoms with Gasteiger partial charge in [0.05, 0.1) is 35.4 Å². The molecule has 0 saturated carbocycles. The maximum absolute atomic E-state index is 13.1. The van der Waals surface area contributed by atoms with E-state index in [1.54, 1.807) is 54.7 Å². The van der Waals surface area contributed by atoms with E-state index in [1.807, 2.05) is 0 Å². The van der Waals surface area contributed by atoms with E-state index < -0.39 is 23.7 Å². The van der Waals surface area contributed by atoms with Gasteiger partial charge in [0.2, 0.25) is 6.79 Å². The summed E-state index contributed by atoms with van der Waals surface area (Å²) in [6.45, 7) is 0.266. The summed E-state index contributed by atoms with van der Waals surface area (Å²) in [5.41, 5.74) is 1.04. The van der Waals surface area contributed by atoms with Crippen LogP contribution in [0.2, 0.25) is 0 Å². The van der Waals surface area contributed by atoms with Crippen LogP contribution in [0.4, 0.5) is 29.3 Å². The summed E-state index contributed by atoms with van der Waals surface area (Å²) in [4.78, 5) is 24.3. The highest BCUT2D eigenvalue weighted by Crippen LogP contribution is 2.35. The van der Waals surface area contributed by atoms with Crippen LogP contribution in [-0.4, -0.2) is 40.4 Å². The van der Waals surface area contributed by atoms with E-state index in [1.165, 1.54) is 29.0 Å². The van der Waals surface area contributed by atoms with Crippen molar-refractivity contribution in [1.82, 2.24) is 15.0 Å². The first kappa shape index (κ1) is 27.2. The molecule has 0 spiro atoms. The molecule has 10 nitrogen and oxygen atoms in total. The van der Waals surface area contributed by atoms with E-state index >= 15 is 0 Å². The number of alkyl halides is 3. The van der Waals surface area contributed by atoms with Crippen LogP contribution < -0.4 is 20.1 Å². The Morgan fingerprint density at radius 2 is 1.78 bits per heavy atom. The highest BCUT2D eigenvalue weighted by atomic mass is 19.4. The van der Waals surface area contributed by atoms with E-state index in [0.717, 1.165) is 11.6 Å². The predicted molar refractivity (Wildman–Crippen MR) is 142 cm³/mol. The van der Waals surface area contributed by atoms with Crippen molar-refractivity contribution >= 4 is 29.5 Å². The van der Waals surface area contributed by atoms with Gasteiger partial charge in [-0.25, -0.2) is 14.3 Å². The number of anilines is 2. The molecular weight excluding hydrogens is 543 g/mol. The van der Waals surface area contributed by atoms with Crippen molar-refractivity contribution in [3.8, 4) is 17.2 Å². The molecular formula is C28H22F3N5O5. The standard InChI is InChI=1S/C28H22F3N5O5/c29-28(30,31)22-3-1-2-4-23(22)33-27(38)32-19-7-9-21(10-8-19)36-16-20(34-35-36)13-14-39-26(37)12-6-18-5-11-24-25(15-18)41-17-40-24/h1-12,15-16H,13-14,17H2,(H2,32,33,38). The molecule has 5 rings (SSSR count). The van der Waals surface area contributed by atoms with Gasteiger partial charge in [0.1, 0.15) is 0 Å². The van der Waals surface area contributed by atoms with Crippen LogP contribution in [0.1, 0.15) is 16.8 Å². The maximum atomic E-state index is 13.1. The van der Waals surface area contributed by atoms with Gasteiger partial charge in [-0.15, -0.1) is 5.10 Å². The number of para-hydroxylation sites is 1. The molecule has 0 saturated heterocycles. The molecule has 4 aromatic rings. The van der Waals surface area contributed by atoms with E-state index in [4.69, 9.17) is 14.2 Å². The van der Waals surface area contributed by atoms with Crippen molar-refractivity contribution in [2.24, 2.45) is 0 Å². The van der Waals surface area contributed by atoms with Gasteiger partial charge in [-0.1, -0.05) is 23.4 Å². The Bertz CT molecular complexity index is 1580. The Kier molecular flexibility index (Phi) is 7.85. The number of ether oxygens (including phenoxy) is 3. The molecule has 210 valence electrons. The fraction of sp³-hybridized carbons (Fsp3) is 0.143. The first-order chi connectivity index (χ1) is 19.7. The lowest BCUT2D eigenvalue weighted by Gasteiger charge is -2.14. The van der Waals surface area contributed by atoms with Gasteiger partial charge >= 0.3 is 18.2 Å². The Morgan fingerprint density at radius 3 is 2.59 bits per heavy atom. The Hall–Kier alpha value is -5.33. The monoisotopic (exact) mass is 565 g/mol. The number of nitrogens with zero attached hydrogens (tertiary/aromatic N) is 3. The molecule has 3 aromatic carbocycles. The summed E-state index contributed by atoms with van der Waals surface area (Å²) in [6.07, 6.45) is 0.335. The van der Waals surface area contributed by atoms with Crippen molar-refractivity contribution in [2.75, 3.05) is 24.0 Å². The van der Waals surface area contributed by atoms with E-state index in [0.29, 0.717) is 35.0 Å². The summed E-state index contributed by atoms with van der Waals surface area (Å²) in [6, 6.07) is 15.6. The lowest BCUT2D eigenvalue weighted by molar-refractivity contribution is -0.138. The first-order valence-electron chi connectivity index (χ1n) is 12.2. The Labute approximate surface area is 231 Å². The van der Waals surface area contributed by atoms with Gasteiger partial charge in [0, 0.05) is 18.2 Å². The average Bonchev–Trinajstić information content (AvgIpc) is 3.61. The van der Waals surface area contributed by atoms with Crippen LogP contribution in [0.5, 0.6) is 11.5 Å². The fourth-order valence-corrected chi connectivity index (χ4v) is 3.85. The molecule has 2 heterocycles. The van der Waals surface area contributed by atoms with Crippen LogP contribution in [0.25, 0.3) is 11.8 Å². The summed E-state index contributed by atoms with van der Waals surface area (Å²) in [5, 5.41) is 12.8. The van der Waals surface area contributed by atoms with Gasteiger partial charge < -0.3 is 24.8 Å². The van der Waals surface area contributed by atoms with Crippen LogP contribution in [0, 0.1) is 0 Å². The lowest BCUT2D eigenvalue weighted by atomic mass is 10.1. The van der Waals surface area contributed by atoms with Crippen molar-refractivity contribution in [1.29, 1.82) is 0 Å². The Balaban J connectivity index is 1.09. The molecule has 1 aliphatic rings. The number of urea groups is 1. The van der Waals surface area contributed by atoms with Crippen molar-refractivity contribution in [2.45, 2.75) is 12.6 Å². The molecule has 2 N–H and O–H groups in total. The highest BCUT2D eigenvalue weighted by molar-refractivity contribution is 6.00. The third kappa shape index (κ3) is 7.01. The number of benzene rings is 3. The number of hydrogen-bond acceptors (Lipinski definition) is 7. The molecule has 0 aliphatic carbocycles. The van der Waals surface area contributed by atoms with Gasteiger partial charge in [-0.3, -0.25) is 0 Å². The molecule has 13 heteroatoms.